The van der Waals surface area contributed by atoms with E-state index in [-0.39, 0.29) is 29.6 Å². The van der Waals surface area contributed by atoms with E-state index in [1.54, 1.807) is 0 Å². The summed E-state index contributed by atoms with van der Waals surface area (Å²) in [5, 5.41) is 0. The maximum absolute atomic E-state index is 9.65. The molecule has 5 heteroatoms. The zero-order valence-electron chi connectivity index (χ0n) is 5.75. The Labute approximate surface area is 79.2 Å². The Bertz CT molecular complexity index is 104. The number of hydrogen-bond donors (Lipinski definition) is 0. The van der Waals surface area contributed by atoms with Crippen molar-refractivity contribution in [2.75, 3.05) is 6.61 Å². The van der Waals surface area contributed by atoms with E-state index in [0.717, 1.165) is 12.8 Å². The minimum atomic E-state index is -2.32. The Morgan fingerprint density at radius 1 is 1.44 bits per heavy atom. The molecule has 0 spiro atoms. The van der Waals surface area contributed by atoms with Gasteiger partial charge in [0.1, 0.15) is 0 Å². The molecule has 0 aromatic heterocycles. The van der Waals surface area contributed by atoms with Gasteiger partial charge in [0.15, 0.2) is 0 Å². The van der Waals surface area contributed by atoms with E-state index < -0.39 is 11.0 Å². The van der Waals surface area contributed by atoms with Crippen molar-refractivity contribution in [2.45, 2.75) is 19.8 Å². The summed E-state index contributed by atoms with van der Waals surface area (Å²) in [5.74, 6) is 0. The summed E-state index contributed by atoms with van der Waals surface area (Å²) in [4.78, 5) is 0. The van der Waals surface area contributed by atoms with Crippen LogP contribution in [0.15, 0.2) is 0 Å². The third kappa shape index (κ3) is 12.2. The second kappa shape index (κ2) is 8.91. The maximum atomic E-state index is 9.65. The predicted molar refractivity (Wildman–Crippen MR) is 29.6 cm³/mol. The van der Waals surface area contributed by atoms with Gasteiger partial charge in [-0.3, -0.25) is 0 Å². The smallest absolute Gasteiger partial charge is 0.424 e. The van der Waals surface area contributed by atoms with Crippen LogP contribution in [0, 0.1) is 0 Å². The predicted octanol–water partition coefficient (Wildman–Crippen LogP) is -1.97. The molecule has 0 saturated carbocycles. The van der Waals surface area contributed by atoms with Crippen LogP contribution in [0.3, 0.4) is 0 Å². The van der Waals surface area contributed by atoms with Gasteiger partial charge in [0.05, 0.1) is 11.0 Å². The van der Waals surface area contributed by atoms with Gasteiger partial charge < -0.3 is 12.6 Å². The molecule has 0 aliphatic rings. The van der Waals surface area contributed by atoms with Crippen molar-refractivity contribution >= 4 is 11.0 Å². The van der Waals surface area contributed by atoms with E-state index >= 15 is 0 Å². The summed E-state index contributed by atoms with van der Waals surface area (Å²) in [6.45, 7) is 2.28. The Kier molecular flexibility index (Phi) is 12.4. The summed E-state index contributed by atoms with van der Waals surface area (Å²) in [6.07, 6.45) is 1.76. The molecule has 0 aliphatic carbocycles. The summed E-state index contributed by atoms with van der Waals surface area (Å²) in [6, 6.07) is 0. The van der Waals surface area contributed by atoms with Crippen LogP contribution in [0.1, 0.15) is 19.8 Å². The Balaban J connectivity index is 0. The average Bonchev–Trinajstić information content (AvgIpc) is 1.66. The van der Waals surface area contributed by atoms with Crippen LogP contribution in [0.4, 0.5) is 0 Å². The van der Waals surface area contributed by atoms with E-state index in [4.69, 9.17) is 0 Å². The summed E-state index contributed by atoms with van der Waals surface area (Å²) in [7, 11) is -2.32. The molecule has 3 nitrogen and oxygen atoms in total. The van der Waals surface area contributed by atoms with Crippen molar-refractivity contribution in [2.24, 2.45) is 0 Å². The largest absolute Gasteiger partial charge is 1.00 e. The molecule has 0 bridgehead atoms. The van der Waals surface area contributed by atoms with Gasteiger partial charge in [0.2, 0.25) is 0 Å². The molecule has 0 fully saturated rings. The molecule has 0 saturated heterocycles. The van der Waals surface area contributed by atoms with Crippen molar-refractivity contribution in [3.63, 3.8) is 0 Å². The van der Waals surface area contributed by atoms with Crippen LogP contribution >= 0.6 is 0 Å². The van der Waals surface area contributed by atoms with Crippen molar-refractivity contribution in [3.05, 3.63) is 0 Å². The van der Waals surface area contributed by atoms with Crippen molar-refractivity contribution < 1.29 is 42.2 Å². The summed E-state index contributed by atoms with van der Waals surface area (Å²) < 4.78 is 23.5. The molecule has 0 radical (unpaired) electrons. The topological polar surface area (TPSA) is 43.4 Å². The fraction of sp³-hybridized carbons (Fsp3) is 1.00. The van der Waals surface area contributed by atoms with E-state index in [1.807, 2.05) is 6.92 Å². The third-order valence-electron chi connectivity index (χ3n) is 0.677. The number of unbranched alkanes of at least 4 members (excludes halogenated alkanes) is 1. The standard InChI is InChI=1S/C4H9O3S.Na/c1-2-3-4-7-8(5)6;/h2-4H2,1H3;/q-1;+1. The molecule has 0 aliphatic heterocycles. The first-order valence-electron chi connectivity index (χ1n) is 2.50. The number of hydrogen-bond acceptors (Lipinski definition) is 4. The zero-order chi connectivity index (χ0) is 6.41. The van der Waals surface area contributed by atoms with Gasteiger partial charge >= 0.3 is 29.6 Å². The van der Waals surface area contributed by atoms with Crippen LogP contribution in [0.2, 0.25) is 0 Å². The summed E-state index contributed by atoms with van der Waals surface area (Å²) >= 11 is 0. The Morgan fingerprint density at radius 3 is 2.33 bits per heavy atom. The third-order valence-corrected chi connectivity index (χ3v) is 1.04. The molecule has 0 N–H and O–H groups in total. The summed E-state index contributed by atoms with van der Waals surface area (Å²) in [5.41, 5.74) is 0. The first kappa shape index (κ1) is 12.6. The normalized spacial score (nSPS) is 9.11. The van der Waals surface area contributed by atoms with Crippen LogP contribution in [-0.2, 0) is 23.6 Å². The monoisotopic (exact) mass is 160 g/mol. The van der Waals surface area contributed by atoms with Gasteiger partial charge in [-0.05, 0) is 6.42 Å². The average molecular weight is 160 g/mol. The molecule has 0 aromatic carbocycles. The zero-order valence-corrected chi connectivity index (χ0v) is 8.57. The second-order valence-corrected chi connectivity index (χ2v) is 2.02. The van der Waals surface area contributed by atoms with Gasteiger partial charge in [-0.1, -0.05) is 13.3 Å². The first-order valence-corrected chi connectivity index (χ1v) is 3.50. The fourth-order valence-electron chi connectivity index (χ4n) is 0.271. The maximum Gasteiger partial charge on any atom is 1.00 e. The van der Waals surface area contributed by atoms with Crippen molar-refractivity contribution in [1.29, 1.82) is 0 Å². The quantitative estimate of drug-likeness (QED) is 0.272. The molecule has 0 unspecified atom stereocenters. The van der Waals surface area contributed by atoms with Crippen molar-refractivity contribution in [1.82, 2.24) is 0 Å². The van der Waals surface area contributed by atoms with Crippen molar-refractivity contribution in [3.8, 4) is 0 Å². The second-order valence-electron chi connectivity index (χ2n) is 1.38. The number of rotatable bonds is 4. The minimum absolute atomic E-state index is 0. The van der Waals surface area contributed by atoms with E-state index in [2.05, 4.69) is 4.18 Å². The van der Waals surface area contributed by atoms with Gasteiger partial charge in [-0.2, -0.15) is 0 Å². The van der Waals surface area contributed by atoms with Crippen LogP contribution in [0.5, 0.6) is 0 Å². The van der Waals surface area contributed by atoms with Gasteiger partial charge in [-0.25, -0.2) is 0 Å². The molecule has 0 rings (SSSR count). The van der Waals surface area contributed by atoms with Gasteiger partial charge in [0, 0.05) is 6.61 Å². The first-order chi connectivity index (χ1) is 3.77. The Hall–Kier alpha value is 0.910. The van der Waals surface area contributed by atoms with E-state index in [1.165, 1.54) is 0 Å². The fourth-order valence-corrected chi connectivity index (χ4v) is 0.525. The SMILES string of the molecule is CCCCO[S-](=O)=O.[Na+]. The molecule has 50 valence electrons. The van der Waals surface area contributed by atoms with Crippen LogP contribution < -0.4 is 29.6 Å². The molecule has 0 amide bonds. The molecule has 0 aromatic rings. The Morgan fingerprint density at radius 2 is 2.00 bits per heavy atom. The minimum Gasteiger partial charge on any atom is -0.424 e. The molecule has 0 heterocycles. The van der Waals surface area contributed by atoms with Gasteiger partial charge in [0.25, 0.3) is 0 Å². The van der Waals surface area contributed by atoms with E-state index in [9.17, 15) is 8.42 Å². The van der Waals surface area contributed by atoms with E-state index in [0.29, 0.717) is 6.61 Å². The molecule has 9 heavy (non-hydrogen) atoms. The van der Waals surface area contributed by atoms with Crippen LogP contribution in [0.25, 0.3) is 0 Å². The molecule has 0 atom stereocenters. The molecular weight excluding hydrogens is 151 g/mol. The molecular formula is C4H9NaO3S. The van der Waals surface area contributed by atoms with Gasteiger partial charge in [-0.15, -0.1) is 0 Å². The van der Waals surface area contributed by atoms with Crippen LogP contribution in [-0.4, -0.2) is 6.61 Å².